The highest BCUT2D eigenvalue weighted by Gasteiger charge is 2.58. The average molecular weight is 290 g/mol. The number of nitrogens with one attached hydrogen (secondary N) is 2. The molecular weight excluding hydrogens is 260 g/mol. The van der Waals surface area contributed by atoms with Gasteiger partial charge in [0.05, 0.1) is 5.41 Å². The van der Waals surface area contributed by atoms with E-state index in [1.165, 1.54) is 38.5 Å². The van der Waals surface area contributed by atoms with Crippen LogP contribution in [0, 0.1) is 28.6 Å². The van der Waals surface area contributed by atoms with Gasteiger partial charge in [-0.1, -0.05) is 6.92 Å². The van der Waals surface area contributed by atoms with E-state index < -0.39 is 0 Å². The zero-order valence-electron chi connectivity index (χ0n) is 13.4. The van der Waals surface area contributed by atoms with Gasteiger partial charge in [0.2, 0.25) is 5.91 Å². The highest BCUT2D eigenvalue weighted by Crippen LogP contribution is 2.65. The number of carbonyl (C=O) groups excluding carboxylic acids is 1. The summed E-state index contributed by atoms with van der Waals surface area (Å²) < 4.78 is 0. The second kappa shape index (κ2) is 4.97. The zero-order chi connectivity index (χ0) is 14.5. The van der Waals surface area contributed by atoms with E-state index in [1.54, 1.807) is 0 Å². The maximum Gasteiger partial charge on any atom is 0.226 e. The monoisotopic (exact) mass is 290 g/mol. The lowest BCUT2D eigenvalue weighted by atomic mass is 9.44. The number of carbonyl (C=O) groups is 1. The lowest BCUT2D eigenvalue weighted by Crippen LogP contribution is -2.56. The van der Waals surface area contributed by atoms with Crippen LogP contribution >= 0.6 is 0 Å². The fourth-order valence-corrected chi connectivity index (χ4v) is 6.52. The normalized spacial score (nSPS) is 47.8. The first kappa shape index (κ1) is 14.0. The fourth-order valence-electron chi connectivity index (χ4n) is 6.52. The van der Waals surface area contributed by atoms with Crippen molar-refractivity contribution in [3.05, 3.63) is 0 Å². The van der Waals surface area contributed by atoms with Crippen molar-refractivity contribution in [2.45, 2.75) is 58.3 Å². The van der Waals surface area contributed by atoms with Crippen LogP contribution in [-0.2, 0) is 4.79 Å². The van der Waals surface area contributed by atoms with E-state index in [2.05, 4.69) is 17.6 Å². The molecule has 5 rings (SSSR count). The molecule has 2 N–H and O–H groups in total. The molecule has 118 valence electrons. The van der Waals surface area contributed by atoms with Crippen molar-refractivity contribution in [3.8, 4) is 0 Å². The van der Waals surface area contributed by atoms with Crippen LogP contribution in [0.3, 0.4) is 0 Å². The largest absolute Gasteiger partial charge is 0.356 e. The summed E-state index contributed by atoms with van der Waals surface area (Å²) in [4.78, 5) is 12.9. The Labute approximate surface area is 128 Å². The molecule has 5 aliphatic rings. The van der Waals surface area contributed by atoms with E-state index in [9.17, 15) is 4.79 Å². The van der Waals surface area contributed by atoms with Crippen molar-refractivity contribution < 1.29 is 4.79 Å². The molecule has 1 heterocycles. The highest BCUT2D eigenvalue weighted by molar-refractivity contribution is 5.83. The molecule has 0 aromatic heterocycles. The lowest BCUT2D eigenvalue weighted by molar-refractivity contribution is -0.155. The fraction of sp³-hybridized carbons (Fsp3) is 0.944. The van der Waals surface area contributed by atoms with Gasteiger partial charge in [0.25, 0.3) is 0 Å². The molecule has 21 heavy (non-hydrogen) atoms. The molecule has 0 spiro atoms. The molecule has 3 nitrogen and oxygen atoms in total. The molecule has 1 saturated heterocycles. The maximum absolute atomic E-state index is 12.9. The van der Waals surface area contributed by atoms with Crippen molar-refractivity contribution in [2.24, 2.45) is 28.6 Å². The molecule has 0 radical (unpaired) electrons. The van der Waals surface area contributed by atoms with Crippen molar-refractivity contribution in [2.75, 3.05) is 19.6 Å². The minimum atomic E-state index is 0.00671. The molecule has 1 aliphatic heterocycles. The van der Waals surface area contributed by atoms with Crippen LogP contribution in [0.15, 0.2) is 0 Å². The summed E-state index contributed by atoms with van der Waals surface area (Å²) in [6.07, 6.45) is 10.1. The van der Waals surface area contributed by atoms with Crippen molar-refractivity contribution in [3.63, 3.8) is 0 Å². The average Bonchev–Trinajstić information content (AvgIpc) is 2.88. The van der Waals surface area contributed by atoms with E-state index in [0.29, 0.717) is 11.3 Å². The van der Waals surface area contributed by atoms with Crippen molar-refractivity contribution in [1.82, 2.24) is 10.6 Å². The van der Waals surface area contributed by atoms with Crippen LogP contribution in [0.2, 0.25) is 0 Å². The van der Waals surface area contributed by atoms with Crippen LogP contribution in [0.4, 0.5) is 0 Å². The minimum absolute atomic E-state index is 0.00671. The third-order valence-corrected chi connectivity index (χ3v) is 6.84. The summed E-state index contributed by atoms with van der Waals surface area (Å²) in [5, 5.41) is 6.73. The van der Waals surface area contributed by atoms with Gasteiger partial charge in [-0.15, -0.1) is 0 Å². The maximum atomic E-state index is 12.9. The molecule has 1 amide bonds. The summed E-state index contributed by atoms with van der Waals surface area (Å²) in [6, 6.07) is 0. The Morgan fingerprint density at radius 2 is 2.00 bits per heavy atom. The van der Waals surface area contributed by atoms with Gasteiger partial charge in [0.15, 0.2) is 0 Å². The Morgan fingerprint density at radius 1 is 1.24 bits per heavy atom. The molecule has 4 saturated carbocycles. The van der Waals surface area contributed by atoms with Gasteiger partial charge in [-0.3, -0.25) is 4.79 Å². The third kappa shape index (κ3) is 2.52. The first-order chi connectivity index (χ1) is 10.1. The van der Waals surface area contributed by atoms with E-state index in [-0.39, 0.29) is 5.41 Å². The SMILES string of the molecule is CC12CC3CC(C1)CC(C(=O)NCCC1CCNC1)(C3)C2. The lowest BCUT2D eigenvalue weighted by Gasteiger charge is -2.60. The van der Waals surface area contributed by atoms with Gasteiger partial charge in [-0.2, -0.15) is 0 Å². The third-order valence-electron chi connectivity index (χ3n) is 6.84. The summed E-state index contributed by atoms with van der Waals surface area (Å²) in [5.41, 5.74) is 0.476. The smallest absolute Gasteiger partial charge is 0.226 e. The molecule has 0 aromatic carbocycles. The predicted octanol–water partition coefficient (Wildman–Crippen LogP) is 2.71. The van der Waals surface area contributed by atoms with E-state index in [4.69, 9.17) is 0 Å². The first-order valence-electron chi connectivity index (χ1n) is 9.06. The van der Waals surface area contributed by atoms with E-state index >= 15 is 0 Å². The first-order valence-corrected chi connectivity index (χ1v) is 9.06. The second-order valence-corrected chi connectivity index (χ2v) is 8.96. The highest BCUT2D eigenvalue weighted by atomic mass is 16.2. The van der Waals surface area contributed by atoms with Crippen LogP contribution in [0.1, 0.15) is 58.3 Å². The van der Waals surface area contributed by atoms with Gasteiger partial charge in [0, 0.05) is 6.54 Å². The van der Waals surface area contributed by atoms with Gasteiger partial charge < -0.3 is 10.6 Å². The van der Waals surface area contributed by atoms with Crippen molar-refractivity contribution >= 4 is 5.91 Å². The molecular formula is C18H30N2O. The molecule has 3 heteroatoms. The van der Waals surface area contributed by atoms with Gasteiger partial charge in [-0.05, 0) is 87.6 Å². The zero-order valence-corrected chi connectivity index (χ0v) is 13.4. The quantitative estimate of drug-likeness (QED) is 0.836. The topological polar surface area (TPSA) is 41.1 Å². The van der Waals surface area contributed by atoms with E-state index in [0.717, 1.165) is 50.2 Å². The molecule has 4 aliphatic carbocycles. The Morgan fingerprint density at radius 3 is 2.62 bits per heavy atom. The number of amides is 1. The molecule has 0 aromatic rings. The van der Waals surface area contributed by atoms with Crippen LogP contribution in [-0.4, -0.2) is 25.5 Å². The van der Waals surface area contributed by atoms with Crippen molar-refractivity contribution in [1.29, 1.82) is 0 Å². The second-order valence-electron chi connectivity index (χ2n) is 8.96. The predicted molar refractivity (Wildman–Crippen MR) is 83.8 cm³/mol. The van der Waals surface area contributed by atoms with Crippen LogP contribution < -0.4 is 10.6 Å². The van der Waals surface area contributed by atoms with Crippen LogP contribution in [0.25, 0.3) is 0 Å². The Bertz CT molecular complexity index is 413. The van der Waals surface area contributed by atoms with Gasteiger partial charge >= 0.3 is 0 Å². The molecule has 5 fully saturated rings. The molecule has 3 unspecified atom stereocenters. The Hall–Kier alpha value is -0.570. The van der Waals surface area contributed by atoms with E-state index in [1.807, 2.05) is 0 Å². The van der Waals surface area contributed by atoms with Gasteiger partial charge in [0.1, 0.15) is 0 Å². The van der Waals surface area contributed by atoms with Gasteiger partial charge in [-0.25, -0.2) is 0 Å². The summed E-state index contributed by atoms with van der Waals surface area (Å²) >= 11 is 0. The molecule has 3 atom stereocenters. The number of hydrogen-bond acceptors (Lipinski definition) is 2. The number of rotatable bonds is 4. The van der Waals surface area contributed by atoms with Crippen LogP contribution in [0.5, 0.6) is 0 Å². The standard InChI is InChI=1S/C18H30N2O/c1-17-7-14-6-15(8-17)10-18(9-14,12-17)16(21)20-5-3-13-2-4-19-11-13/h13-15,19H,2-12H2,1H3,(H,20,21). The molecule has 4 bridgehead atoms. The Balaban J connectivity index is 1.37. The summed E-state index contributed by atoms with van der Waals surface area (Å²) in [5.74, 6) is 2.84. The Kier molecular flexibility index (Phi) is 3.33. The minimum Gasteiger partial charge on any atom is -0.356 e. The summed E-state index contributed by atoms with van der Waals surface area (Å²) in [7, 11) is 0. The number of hydrogen-bond donors (Lipinski definition) is 2. The summed E-state index contributed by atoms with van der Waals surface area (Å²) in [6.45, 7) is 5.63.